The molecule has 2 N–H and O–H groups in total. The van der Waals surface area contributed by atoms with E-state index in [2.05, 4.69) is 50.8 Å². The van der Waals surface area contributed by atoms with Crippen LogP contribution < -0.4 is 15.5 Å². The fourth-order valence-electron chi connectivity index (χ4n) is 3.24. The SMILES string of the molecule is Cl.Cl.Cl.O=C(NCCCN1CCN(c2ccccc2)CC1)C1COCCN1. The first-order valence-electron chi connectivity index (χ1n) is 8.94. The molecule has 0 aliphatic carbocycles. The maximum atomic E-state index is 12.0. The molecule has 1 aromatic rings. The number of carbonyl (C=O) groups excluding carboxylic acids is 1. The average Bonchev–Trinajstić information content (AvgIpc) is 2.67. The molecular weight excluding hydrogens is 411 g/mol. The largest absolute Gasteiger partial charge is 0.378 e. The number of para-hydroxylation sites is 1. The van der Waals surface area contributed by atoms with Crippen LogP contribution >= 0.6 is 37.2 Å². The van der Waals surface area contributed by atoms with Gasteiger partial charge in [-0.1, -0.05) is 18.2 Å². The summed E-state index contributed by atoms with van der Waals surface area (Å²) in [4.78, 5) is 16.9. The van der Waals surface area contributed by atoms with Gasteiger partial charge in [0, 0.05) is 45.0 Å². The Hall–Kier alpha value is -0.760. The number of ether oxygens (including phenoxy) is 1. The zero-order valence-electron chi connectivity index (χ0n) is 15.5. The van der Waals surface area contributed by atoms with E-state index >= 15 is 0 Å². The summed E-state index contributed by atoms with van der Waals surface area (Å²) in [5.41, 5.74) is 1.31. The maximum Gasteiger partial charge on any atom is 0.239 e. The van der Waals surface area contributed by atoms with E-state index in [-0.39, 0.29) is 49.2 Å². The van der Waals surface area contributed by atoms with Crippen LogP contribution in [0.15, 0.2) is 30.3 Å². The highest BCUT2D eigenvalue weighted by Crippen LogP contribution is 2.15. The minimum absolute atomic E-state index is 0. The van der Waals surface area contributed by atoms with Crippen molar-refractivity contribution in [1.82, 2.24) is 15.5 Å². The summed E-state index contributed by atoms with van der Waals surface area (Å²) in [6.45, 7) is 8.00. The van der Waals surface area contributed by atoms with Crippen molar-refractivity contribution in [3.8, 4) is 0 Å². The summed E-state index contributed by atoms with van der Waals surface area (Å²) in [5.74, 6) is 0.0589. The van der Waals surface area contributed by atoms with Gasteiger partial charge in [-0.25, -0.2) is 0 Å². The first-order valence-corrected chi connectivity index (χ1v) is 8.94. The molecule has 6 nitrogen and oxygen atoms in total. The van der Waals surface area contributed by atoms with Crippen molar-refractivity contribution in [2.24, 2.45) is 0 Å². The highest BCUT2D eigenvalue weighted by Gasteiger charge is 2.21. The number of benzene rings is 1. The molecule has 1 unspecified atom stereocenters. The molecular formula is C18H31Cl3N4O2. The van der Waals surface area contributed by atoms with E-state index in [0.717, 1.165) is 52.2 Å². The molecule has 0 saturated carbocycles. The molecule has 2 aliphatic rings. The number of anilines is 1. The maximum absolute atomic E-state index is 12.0. The lowest BCUT2D eigenvalue weighted by Gasteiger charge is -2.36. The number of piperazine rings is 1. The lowest BCUT2D eigenvalue weighted by molar-refractivity contribution is -0.125. The van der Waals surface area contributed by atoms with E-state index in [0.29, 0.717) is 13.2 Å². The Labute approximate surface area is 180 Å². The molecule has 0 aromatic heterocycles. The van der Waals surface area contributed by atoms with Crippen molar-refractivity contribution in [1.29, 1.82) is 0 Å². The van der Waals surface area contributed by atoms with Crippen LogP contribution in [0.5, 0.6) is 0 Å². The third-order valence-electron chi connectivity index (χ3n) is 4.68. The number of nitrogens with one attached hydrogen (secondary N) is 2. The van der Waals surface area contributed by atoms with Gasteiger partial charge < -0.3 is 20.3 Å². The van der Waals surface area contributed by atoms with Crippen LogP contribution in [0.1, 0.15) is 6.42 Å². The molecule has 0 spiro atoms. The van der Waals surface area contributed by atoms with Gasteiger partial charge in [-0.3, -0.25) is 9.69 Å². The number of hydrogen-bond acceptors (Lipinski definition) is 5. The molecule has 2 aliphatic heterocycles. The Morgan fingerprint density at radius 1 is 1.11 bits per heavy atom. The number of hydrogen-bond donors (Lipinski definition) is 2. The van der Waals surface area contributed by atoms with E-state index in [1.165, 1.54) is 5.69 Å². The average molecular weight is 442 g/mol. The lowest BCUT2D eigenvalue weighted by Crippen LogP contribution is -2.51. The van der Waals surface area contributed by atoms with Gasteiger partial charge in [-0.2, -0.15) is 0 Å². The summed E-state index contributed by atoms with van der Waals surface area (Å²) in [6.07, 6.45) is 0.991. The van der Waals surface area contributed by atoms with Crippen LogP contribution in [0.25, 0.3) is 0 Å². The van der Waals surface area contributed by atoms with Crippen molar-refractivity contribution >= 4 is 48.8 Å². The molecule has 1 aromatic carbocycles. The van der Waals surface area contributed by atoms with Crippen molar-refractivity contribution in [3.63, 3.8) is 0 Å². The quantitative estimate of drug-likeness (QED) is 0.656. The number of carbonyl (C=O) groups is 1. The molecule has 0 radical (unpaired) electrons. The van der Waals surface area contributed by atoms with Gasteiger partial charge in [0.05, 0.1) is 13.2 Å². The minimum Gasteiger partial charge on any atom is -0.378 e. The molecule has 2 fully saturated rings. The summed E-state index contributed by atoms with van der Waals surface area (Å²) < 4.78 is 5.32. The standard InChI is InChI=1S/C18H28N4O2.3ClH/c23-18(17-15-24-14-8-19-17)20-7-4-9-21-10-12-22(13-11-21)16-5-2-1-3-6-16;;;/h1-3,5-6,17,19H,4,7-15H2,(H,20,23);3*1H. The lowest BCUT2D eigenvalue weighted by atomic mass is 10.2. The first-order chi connectivity index (χ1) is 11.8. The third kappa shape index (κ3) is 8.42. The Kier molecular flexibility index (Phi) is 13.9. The normalized spacial score (nSPS) is 19.9. The molecule has 27 heavy (non-hydrogen) atoms. The van der Waals surface area contributed by atoms with Crippen LogP contribution in [-0.2, 0) is 9.53 Å². The second-order valence-corrected chi connectivity index (χ2v) is 6.39. The Bertz CT molecular complexity index is 511. The number of rotatable bonds is 6. The molecule has 1 atom stereocenters. The van der Waals surface area contributed by atoms with Gasteiger partial charge in [0.2, 0.25) is 5.91 Å². The third-order valence-corrected chi connectivity index (χ3v) is 4.68. The van der Waals surface area contributed by atoms with Crippen LogP contribution in [0, 0.1) is 0 Å². The minimum atomic E-state index is -0.187. The van der Waals surface area contributed by atoms with Gasteiger partial charge in [0.25, 0.3) is 0 Å². The molecule has 2 saturated heterocycles. The van der Waals surface area contributed by atoms with E-state index < -0.39 is 0 Å². The van der Waals surface area contributed by atoms with E-state index in [1.54, 1.807) is 0 Å². The summed E-state index contributed by atoms with van der Waals surface area (Å²) in [7, 11) is 0. The van der Waals surface area contributed by atoms with Gasteiger partial charge in [-0.05, 0) is 25.1 Å². The van der Waals surface area contributed by atoms with E-state index in [4.69, 9.17) is 4.74 Å². The molecule has 156 valence electrons. The van der Waals surface area contributed by atoms with Crippen molar-refractivity contribution in [3.05, 3.63) is 30.3 Å². The van der Waals surface area contributed by atoms with Crippen LogP contribution in [-0.4, -0.2) is 75.9 Å². The smallest absolute Gasteiger partial charge is 0.239 e. The fourth-order valence-corrected chi connectivity index (χ4v) is 3.24. The predicted octanol–water partition coefficient (Wildman–Crippen LogP) is 1.57. The van der Waals surface area contributed by atoms with Crippen LogP contribution in [0.4, 0.5) is 5.69 Å². The number of halogens is 3. The Balaban J connectivity index is 0.00000225. The molecule has 1 amide bonds. The van der Waals surface area contributed by atoms with Gasteiger partial charge in [-0.15, -0.1) is 37.2 Å². The van der Waals surface area contributed by atoms with Gasteiger partial charge >= 0.3 is 0 Å². The first kappa shape index (κ1) is 26.2. The predicted molar refractivity (Wildman–Crippen MR) is 117 cm³/mol. The van der Waals surface area contributed by atoms with Crippen LogP contribution in [0.2, 0.25) is 0 Å². The fraction of sp³-hybridized carbons (Fsp3) is 0.611. The Morgan fingerprint density at radius 2 is 1.81 bits per heavy atom. The zero-order chi connectivity index (χ0) is 16.6. The molecule has 2 heterocycles. The second-order valence-electron chi connectivity index (χ2n) is 6.39. The zero-order valence-corrected chi connectivity index (χ0v) is 17.9. The van der Waals surface area contributed by atoms with Crippen molar-refractivity contribution in [2.75, 3.05) is 63.9 Å². The highest BCUT2D eigenvalue weighted by molar-refractivity contribution is 5.86. The highest BCUT2D eigenvalue weighted by atomic mass is 35.5. The molecule has 0 bridgehead atoms. The van der Waals surface area contributed by atoms with Gasteiger partial charge in [0.15, 0.2) is 0 Å². The summed E-state index contributed by atoms with van der Waals surface area (Å²) >= 11 is 0. The molecule has 3 rings (SSSR count). The molecule has 9 heteroatoms. The second kappa shape index (κ2) is 14.3. The summed E-state index contributed by atoms with van der Waals surface area (Å²) in [5, 5.41) is 6.18. The number of amides is 1. The number of nitrogens with zero attached hydrogens (tertiary/aromatic N) is 2. The topological polar surface area (TPSA) is 56.8 Å². The Morgan fingerprint density at radius 3 is 2.44 bits per heavy atom. The number of morpholine rings is 1. The summed E-state index contributed by atoms with van der Waals surface area (Å²) in [6, 6.07) is 10.4. The van der Waals surface area contributed by atoms with Crippen molar-refractivity contribution < 1.29 is 9.53 Å². The van der Waals surface area contributed by atoms with Crippen LogP contribution in [0.3, 0.4) is 0 Å². The van der Waals surface area contributed by atoms with E-state index in [9.17, 15) is 4.79 Å². The van der Waals surface area contributed by atoms with Gasteiger partial charge in [0.1, 0.15) is 6.04 Å². The van der Waals surface area contributed by atoms with E-state index in [1.807, 2.05) is 0 Å². The van der Waals surface area contributed by atoms with Crippen molar-refractivity contribution in [2.45, 2.75) is 12.5 Å². The monoisotopic (exact) mass is 440 g/mol.